The van der Waals surface area contributed by atoms with Gasteiger partial charge >= 0.3 is 0 Å². The minimum atomic E-state index is -0.0468. The molecule has 25 heavy (non-hydrogen) atoms. The Morgan fingerprint density at radius 2 is 2.12 bits per heavy atom. The largest absolute Gasteiger partial charge is 0.342 e. The fraction of sp³-hybridized carbons (Fsp3) is 0.632. The van der Waals surface area contributed by atoms with Gasteiger partial charge in [0.25, 0.3) is 0 Å². The van der Waals surface area contributed by atoms with Crippen molar-refractivity contribution in [1.82, 2.24) is 9.88 Å². The van der Waals surface area contributed by atoms with E-state index in [0.29, 0.717) is 18.9 Å². The number of pyridine rings is 1. The van der Waals surface area contributed by atoms with Crippen LogP contribution in [0.15, 0.2) is 18.3 Å². The van der Waals surface area contributed by atoms with Crippen molar-refractivity contribution in [3.8, 4) is 0 Å². The minimum Gasteiger partial charge on any atom is -0.342 e. The van der Waals surface area contributed by atoms with Gasteiger partial charge in [-0.1, -0.05) is 13.3 Å². The molecule has 1 unspecified atom stereocenters. The predicted octanol–water partition coefficient (Wildman–Crippen LogP) is 3.49. The summed E-state index contributed by atoms with van der Waals surface area (Å²) in [7, 11) is 0. The highest BCUT2D eigenvalue weighted by atomic mass is 32.2. The van der Waals surface area contributed by atoms with Crippen molar-refractivity contribution in [2.24, 2.45) is 5.92 Å². The number of aromatic nitrogens is 1. The number of amides is 2. The first-order valence-corrected chi connectivity index (χ1v) is 10.2. The summed E-state index contributed by atoms with van der Waals surface area (Å²) in [6.45, 7) is 7.45. The fourth-order valence-electron chi connectivity index (χ4n) is 2.93. The van der Waals surface area contributed by atoms with Crippen LogP contribution >= 0.6 is 11.8 Å². The van der Waals surface area contributed by atoms with E-state index >= 15 is 0 Å². The first kappa shape index (κ1) is 19.8. The topological polar surface area (TPSA) is 62.3 Å². The summed E-state index contributed by atoms with van der Waals surface area (Å²) >= 11 is 1.73. The number of carbonyl (C=O) groups is 2. The van der Waals surface area contributed by atoms with Gasteiger partial charge in [-0.15, -0.1) is 11.8 Å². The summed E-state index contributed by atoms with van der Waals surface area (Å²) in [5.74, 6) is 1.81. The Morgan fingerprint density at radius 3 is 2.76 bits per heavy atom. The number of hydrogen-bond donors (Lipinski definition) is 1. The Balaban J connectivity index is 1.78. The summed E-state index contributed by atoms with van der Waals surface area (Å²) in [4.78, 5) is 31.0. The molecule has 2 heterocycles. The lowest BCUT2D eigenvalue weighted by Crippen LogP contribution is -2.44. The minimum absolute atomic E-state index is 0.00780. The molecule has 2 amide bonds. The third-order valence-corrected chi connectivity index (χ3v) is 5.78. The number of aryl methyl sites for hydroxylation is 1. The van der Waals surface area contributed by atoms with E-state index in [0.717, 1.165) is 37.0 Å². The Hall–Kier alpha value is -1.56. The van der Waals surface area contributed by atoms with Gasteiger partial charge in [-0.2, -0.15) is 0 Å². The number of nitrogens with zero attached hydrogens (tertiary/aromatic N) is 2. The average Bonchev–Trinajstić information content (AvgIpc) is 2.61. The number of likely N-dealkylation sites (tertiary alicyclic amines) is 1. The van der Waals surface area contributed by atoms with Crippen LogP contribution in [0.4, 0.5) is 5.82 Å². The van der Waals surface area contributed by atoms with Crippen LogP contribution in [0.3, 0.4) is 0 Å². The molecule has 1 atom stereocenters. The van der Waals surface area contributed by atoms with E-state index in [4.69, 9.17) is 0 Å². The van der Waals surface area contributed by atoms with Crippen LogP contribution in [0, 0.1) is 12.8 Å². The maximum absolute atomic E-state index is 12.5. The summed E-state index contributed by atoms with van der Waals surface area (Å²) < 4.78 is 0. The SMILES string of the molecule is CCCCSC(C)C(=O)N1CCC(C(=O)Nc2cc(C)ccn2)CC1. The van der Waals surface area contributed by atoms with Crippen molar-refractivity contribution in [3.63, 3.8) is 0 Å². The van der Waals surface area contributed by atoms with E-state index in [9.17, 15) is 9.59 Å². The van der Waals surface area contributed by atoms with Gasteiger partial charge in [0.05, 0.1) is 5.25 Å². The zero-order valence-corrected chi connectivity index (χ0v) is 16.3. The van der Waals surface area contributed by atoms with Crippen molar-refractivity contribution < 1.29 is 9.59 Å². The average molecular weight is 364 g/mol. The van der Waals surface area contributed by atoms with E-state index < -0.39 is 0 Å². The molecular weight excluding hydrogens is 334 g/mol. The van der Waals surface area contributed by atoms with Gasteiger partial charge in [-0.05, 0) is 56.6 Å². The Bertz CT molecular complexity index is 586. The summed E-state index contributed by atoms with van der Waals surface area (Å²) in [6, 6.07) is 3.77. The van der Waals surface area contributed by atoms with Crippen molar-refractivity contribution in [2.45, 2.75) is 51.7 Å². The number of carbonyl (C=O) groups excluding carboxylic acids is 2. The van der Waals surface area contributed by atoms with Crippen molar-refractivity contribution >= 4 is 29.4 Å². The standard InChI is InChI=1S/C19H29N3O2S/c1-4-5-12-25-15(3)19(24)22-10-7-16(8-11-22)18(23)21-17-13-14(2)6-9-20-17/h6,9,13,15-16H,4-5,7-8,10-12H2,1-3H3,(H,20,21,23). The molecule has 1 fully saturated rings. The van der Waals surface area contributed by atoms with Gasteiger partial charge in [0.1, 0.15) is 5.82 Å². The van der Waals surface area contributed by atoms with Gasteiger partial charge in [-0.25, -0.2) is 4.98 Å². The van der Waals surface area contributed by atoms with Gasteiger partial charge in [0.15, 0.2) is 0 Å². The molecular formula is C19H29N3O2S. The van der Waals surface area contributed by atoms with Crippen LogP contribution in [0.25, 0.3) is 0 Å². The summed E-state index contributed by atoms with van der Waals surface area (Å²) in [5, 5.41) is 2.90. The Labute approximate surface area is 155 Å². The van der Waals surface area contributed by atoms with E-state index in [-0.39, 0.29) is 23.0 Å². The molecule has 1 saturated heterocycles. The van der Waals surface area contributed by atoms with E-state index in [2.05, 4.69) is 17.2 Å². The zero-order chi connectivity index (χ0) is 18.2. The molecule has 0 radical (unpaired) electrons. The molecule has 2 rings (SSSR count). The van der Waals surface area contributed by atoms with E-state index in [1.54, 1.807) is 18.0 Å². The molecule has 1 N–H and O–H groups in total. The van der Waals surface area contributed by atoms with Crippen molar-refractivity contribution in [3.05, 3.63) is 23.9 Å². The molecule has 0 spiro atoms. The monoisotopic (exact) mass is 363 g/mol. The number of anilines is 1. The second-order valence-corrected chi connectivity index (χ2v) is 8.12. The second kappa shape index (κ2) is 9.80. The molecule has 0 saturated carbocycles. The Morgan fingerprint density at radius 1 is 1.40 bits per heavy atom. The molecule has 5 nitrogen and oxygen atoms in total. The summed E-state index contributed by atoms with van der Waals surface area (Å²) in [6.07, 6.45) is 5.44. The third kappa shape index (κ3) is 6.03. The number of piperidine rings is 1. The molecule has 1 aromatic heterocycles. The number of rotatable bonds is 7. The predicted molar refractivity (Wildman–Crippen MR) is 104 cm³/mol. The normalized spacial score (nSPS) is 16.5. The molecule has 0 aliphatic carbocycles. The molecule has 138 valence electrons. The van der Waals surface area contributed by atoms with Gasteiger partial charge in [0, 0.05) is 25.2 Å². The summed E-state index contributed by atoms with van der Waals surface area (Å²) in [5.41, 5.74) is 1.07. The van der Waals surface area contributed by atoms with Crippen LogP contribution in [0.1, 0.15) is 45.1 Å². The molecule has 0 bridgehead atoms. The van der Waals surface area contributed by atoms with Crippen LogP contribution in [-0.4, -0.2) is 45.8 Å². The Kier molecular flexibility index (Phi) is 7.75. The maximum atomic E-state index is 12.5. The third-order valence-electron chi connectivity index (χ3n) is 4.56. The quantitative estimate of drug-likeness (QED) is 0.753. The van der Waals surface area contributed by atoms with Gasteiger partial charge in [0.2, 0.25) is 11.8 Å². The smallest absolute Gasteiger partial charge is 0.235 e. The number of thioether (sulfide) groups is 1. The van der Waals surface area contributed by atoms with Gasteiger partial charge in [-0.3, -0.25) is 9.59 Å². The highest BCUT2D eigenvalue weighted by Gasteiger charge is 2.29. The molecule has 0 aromatic carbocycles. The van der Waals surface area contributed by atoms with Crippen LogP contribution in [0.2, 0.25) is 0 Å². The first-order valence-electron chi connectivity index (χ1n) is 9.15. The highest BCUT2D eigenvalue weighted by Crippen LogP contribution is 2.22. The molecule has 1 aliphatic heterocycles. The highest BCUT2D eigenvalue weighted by molar-refractivity contribution is 8.00. The molecule has 1 aromatic rings. The number of hydrogen-bond acceptors (Lipinski definition) is 4. The van der Waals surface area contributed by atoms with Crippen molar-refractivity contribution in [2.75, 3.05) is 24.2 Å². The zero-order valence-electron chi connectivity index (χ0n) is 15.5. The first-order chi connectivity index (χ1) is 12.0. The fourth-order valence-corrected chi connectivity index (χ4v) is 4.03. The lowest BCUT2D eigenvalue weighted by atomic mass is 9.95. The molecule has 6 heteroatoms. The second-order valence-electron chi connectivity index (χ2n) is 6.67. The lowest BCUT2D eigenvalue weighted by Gasteiger charge is -2.32. The van der Waals surface area contributed by atoms with Gasteiger partial charge < -0.3 is 10.2 Å². The molecule has 1 aliphatic rings. The number of nitrogens with one attached hydrogen (secondary N) is 1. The van der Waals surface area contributed by atoms with Crippen LogP contribution in [-0.2, 0) is 9.59 Å². The maximum Gasteiger partial charge on any atom is 0.235 e. The van der Waals surface area contributed by atoms with Crippen molar-refractivity contribution in [1.29, 1.82) is 0 Å². The van der Waals surface area contributed by atoms with E-state index in [1.165, 1.54) is 0 Å². The number of unbranched alkanes of at least 4 members (excludes halogenated alkanes) is 1. The lowest BCUT2D eigenvalue weighted by molar-refractivity contribution is -0.133. The van der Waals surface area contributed by atoms with Crippen LogP contribution < -0.4 is 5.32 Å². The van der Waals surface area contributed by atoms with E-state index in [1.807, 2.05) is 30.9 Å². The van der Waals surface area contributed by atoms with Crippen LogP contribution in [0.5, 0.6) is 0 Å².